The third-order valence-corrected chi connectivity index (χ3v) is 2.35. The molecule has 16 heavy (non-hydrogen) atoms. The van der Waals surface area contributed by atoms with Gasteiger partial charge in [0.15, 0.2) is 0 Å². The molecule has 1 aromatic rings. The molecule has 1 rings (SSSR count). The van der Waals surface area contributed by atoms with Crippen molar-refractivity contribution in [3.05, 3.63) is 23.9 Å². The number of nitrogens with two attached hydrogens (primary N) is 1. The molecule has 0 aromatic carbocycles. The molecule has 0 bridgehead atoms. The lowest BCUT2D eigenvalue weighted by Crippen LogP contribution is -2.28. The largest absolute Gasteiger partial charge is 0.384 e. The van der Waals surface area contributed by atoms with Crippen LogP contribution in [0.3, 0.4) is 0 Å². The first-order valence-corrected chi connectivity index (χ1v) is 5.60. The van der Waals surface area contributed by atoms with Crippen LogP contribution in [0.1, 0.15) is 26.3 Å². The van der Waals surface area contributed by atoms with Crippen molar-refractivity contribution in [1.29, 1.82) is 5.41 Å². The molecular formula is C12H20N4. The molecule has 0 saturated heterocycles. The Kier molecular flexibility index (Phi) is 4.28. The van der Waals surface area contributed by atoms with Crippen LogP contribution >= 0.6 is 0 Å². The Morgan fingerprint density at radius 1 is 1.50 bits per heavy atom. The van der Waals surface area contributed by atoms with Crippen LogP contribution in [0.5, 0.6) is 0 Å². The van der Waals surface area contributed by atoms with Crippen molar-refractivity contribution in [2.24, 2.45) is 11.7 Å². The zero-order chi connectivity index (χ0) is 12.1. The van der Waals surface area contributed by atoms with E-state index in [1.807, 2.05) is 12.1 Å². The van der Waals surface area contributed by atoms with E-state index in [4.69, 9.17) is 11.1 Å². The molecule has 88 valence electrons. The second-order valence-corrected chi connectivity index (χ2v) is 4.25. The summed E-state index contributed by atoms with van der Waals surface area (Å²) in [7, 11) is 0. The van der Waals surface area contributed by atoms with Gasteiger partial charge >= 0.3 is 0 Å². The fraction of sp³-hybridized carbons (Fsp3) is 0.500. The van der Waals surface area contributed by atoms with Crippen molar-refractivity contribution >= 4 is 11.7 Å². The highest BCUT2D eigenvalue weighted by atomic mass is 15.2. The topological polar surface area (TPSA) is 66.0 Å². The van der Waals surface area contributed by atoms with Crippen molar-refractivity contribution in [3.63, 3.8) is 0 Å². The molecule has 0 aliphatic carbocycles. The van der Waals surface area contributed by atoms with E-state index in [0.29, 0.717) is 11.5 Å². The van der Waals surface area contributed by atoms with Gasteiger partial charge in [0.2, 0.25) is 0 Å². The average molecular weight is 220 g/mol. The van der Waals surface area contributed by atoms with Gasteiger partial charge < -0.3 is 10.6 Å². The van der Waals surface area contributed by atoms with E-state index in [0.717, 1.165) is 18.9 Å². The molecule has 4 nitrogen and oxygen atoms in total. The lowest BCUT2D eigenvalue weighted by molar-refractivity contribution is 0.614. The Morgan fingerprint density at radius 2 is 2.19 bits per heavy atom. The normalized spacial score (nSPS) is 10.5. The number of amidine groups is 1. The maximum absolute atomic E-state index is 7.30. The van der Waals surface area contributed by atoms with Gasteiger partial charge in [-0.3, -0.25) is 5.41 Å². The maximum Gasteiger partial charge on any atom is 0.128 e. The first-order valence-electron chi connectivity index (χ1n) is 5.60. The highest BCUT2D eigenvalue weighted by Gasteiger charge is 2.07. The third-order valence-electron chi connectivity index (χ3n) is 2.35. The number of nitrogens with zero attached hydrogens (tertiary/aromatic N) is 2. The molecule has 4 heteroatoms. The number of hydrogen-bond donors (Lipinski definition) is 2. The van der Waals surface area contributed by atoms with Crippen LogP contribution in [-0.4, -0.2) is 23.9 Å². The van der Waals surface area contributed by atoms with Gasteiger partial charge in [0, 0.05) is 24.8 Å². The van der Waals surface area contributed by atoms with Crippen LogP contribution in [0.25, 0.3) is 0 Å². The minimum atomic E-state index is 0.0611. The zero-order valence-electron chi connectivity index (χ0n) is 10.2. The Hall–Kier alpha value is -1.58. The molecule has 0 amide bonds. The standard InChI is InChI=1S/C12H20N4/c1-4-16(8-9(2)3)11-6-5-10(7-15-11)12(13)14/h5-7,9H,4,8H2,1-3H3,(H3,13,14). The fourth-order valence-corrected chi connectivity index (χ4v) is 1.56. The Morgan fingerprint density at radius 3 is 2.56 bits per heavy atom. The Balaban J connectivity index is 2.82. The van der Waals surface area contributed by atoms with Crippen LogP contribution in [0, 0.1) is 11.3 Å². The van der Waals surface area contributed by atoms with Gasteiger partial charge in [0.05, 0.1) is 0 Å². The molecule has 1 aromatic heterocycles. The number of nitrogen functional groups attached to an aromatic ring is 1. The molecule has 0 saturated carbocycles. The van der Waals surface area contributed by atoms with E-state index >= 15 is 0 Å². The van der Waals surface area contributed by atoms with Gasteiger partial charge in [0.25, 0.3) is 0 Å². The monoisotopic (exact) mass is 220 g/mol. The summed E-state index contributed by atoms with van der Waals surface area (Å²) in [5, 5.41) is 7.30. The van der Waals surface area contributed by atoms with Crippen molar-refractivity contribution < 1.29 is 0 Å². The number of rotatable bonds is 5. The summed E-state index contributed by atoms with van der Waals surface area (Å²) in [4.78, 5) is 6.55. The zero-order valence-corrected chi connectivity index (χ0v) is 10.2. The highest BCUT2D eigenvalue weighted by molar-refractivity contribution is 5.94. The molecule has 0 radical (unpaired) electrons. The molecule has 0 aliphatic heterocycles. The predicted molar refractivity (Wildman–Crippen MR) is 68.0 cm³/mol. The summed E-state index contributed by atoms with van der Waals surface area (Å²) in [6, 6.07) is 3.76. The molecule has 0 unspecified atom stereocenters. The first kappa shape index (κ1) is 12.5. The minimum Gasteiger partial charge on any atom is -0.384 e. The molecule has 0 fully saturated rings. The molecule has 1 heterocycles. The smallest absolute Gasteiger partial charge is 0.128 e. The third kappa shape index (κ3) is 3.22. The van der Waals surface area contributed by atoms with Crippen molar-refractivity contribution in [2.75, 3.05) is 18.0 Å². The van der Waals surface area contributed by atoms with E-state index < -0.39 is 0 Å². The molecular weight excluding hydrogens is 200 g/mol. The second-order valence-electron chi connectivity index (χ2n) is 4.25. The molecule has 0 aliphatic rings. The molecule has 3 N–H and O–H groups in total. The van der Waals surface area contributed by atoms with Gasteiger partial charge in [-0.2, -0.15) is 0 Å². The first-order chi connectivity index (χ1) is 7.54. The summed E-state index contributed by atoms with van der Waals surface area (Å²) >= 11 is 0. The van der Waals surface area contributed by atoms with E-state index in [1.54, 1.807) is 6.20 Å². The maximum atomic E-state index is 7.30. The van der Waals surface area contributed by atoms with Crippen molar-refractivity contribution in [1.82, 2.24) is 4.98 Å². The fourth-order valence-electron chi connectivity index (χ4n) is 1.56. The van der Waals surface area contributed by atoms with Crippen LogP contribution < -0.4 is 10.6 Å². The minimum absolute atomic E-state index is 0.0611. The number of hydrogen-bond acceptors (Lipinski definition) is 3. The van der Waals surface area contributed by atoms with Crippen LogP contribution in [-0.2, 0) is 0 Å². The van der Waals surface area contributed by atoms with Gasteiger partial charge in [-0.15, -0.1) is 0 Å². The van der Waals surface area contributed by atoms with E-state index in [2.05, 4.69) is 30.7 Å². The van der Waals surface area contributed by atoms with Gasteiger partial charge in [0.1, 0.15) is 11.7 Å². The average Bonchev–Trinajstić information content (AvgIpc) is 2.25. The summed E-state index contributed by atoms with van der Waals surface area (Å²) in [5.74, 6) is 1.61. The SMILES string of the molecule is CCN(CC(C)C)c1ccc(C(=N)N)cn1. The van der Waals surface area contributed by atoms with Crippen LogP contribution in [0.2, 0.25) is 0 Å². The summed E-state index contributed by atoms with van der Waals surface area (Å²) in [6.45, 7) is 8.41. The second kappa shape index (κ2) is 5.49. The summed E-state index contributed by atoms with van der Waals surface area (Å²) in [6.07, 6.45) is 1.65. The summed E-state index contributed by atoms with van der Waals surface area (Å²) in [5.41, 5.74) is 6.05. The van der Waals surface area contributed by atoms with E-state index in [1.165, 1.54) is 0 Å². The number of nitrogens with one attached hydrogen (secondary N) is 1. The Bertz CT molecular complexity index is 343. The quantitative estimate of drug-likeness (QED) is 0.588. The predicted octanol–water partition coefficient (Wildman–Crippen LogP) is 1.85. The molecule has 0 spiro atoms. The van der Waals surface area contributed by atoms with Gasteiger partial charge in [-0.25, -0.2) is 4.98 Å². The lowest BCUT2D eigenvalue weighted by Gasteiger charge is -2.23. The highest BCUT2D eigenvalue weighted by Crippen LogP contribution is 2.12. The van der Waals surface area contributed by atoms with E-state index in [9.17, 15) is 0 Å². The van der Waals surface area contributed by atoms with Gasteiger partial charge in [-0.05, 0) is 25.0 Å². The summed E-state index contributed by atoms with van der Waals surface area (Å²) < 4.78 is 0. The van der Waals surface area contributed by atoms with Gasteiger partial charge in [-0.1, -0.05) is 13.8 Å². The Labute approximate surface area is 97.0 Å². The van der Waals surface area contributed by atoms with Crippen LogP contribution in [0.15, 0.2) is 18.3 Å². The van der Waals surface area contributed by atoms with Crippen LogP contribution in [0.4, 0.5) is 5.82 Å². The lowest BCUT2D eigenvalue weighted by atomic mass is 10.2. The van der Waals surface area contributed by atoms with Crippen molar-refractivity contribution in [2.45, 2.75) is 20.8 Å². The molecule has 0 atom stereocenters. The number of anilines is 1. The number of aromatic nitrogens is 1. The van der Waals surface area contributed by atoms with E-state index in [-0.39, 0.29) is 5.84 Å². The number of pyridine rings is 1. The van der Waals surface area contributed by atoms with Crippen molar-refractivity contribution in [3.8, 4) is 0 Å².